The maximum absolute atomic E-state index is 11.0. The Balaban J connectivity index is 1.52. The second kappa shape index (κ2) is 6.20. The van der Waals surface area contributed by atoms with Gasteiger partial charge in [-0.05, 0) is 45.4 Å². The second-order valence-corrected chi connectivity index (χ2v) is 6.67. The van der Waals surface area contributed by atoms with Gasteiger partial charge in [-0.2, -0.15) is 0 Å². The van der Waals surface area contributed by atoms with E-state index in [2.05, 4.69) is 20.2 Å². The van der Waals surface area contributed by atoms with Crippen LogP contribution >= 0.6 is 0 Å². The number of carboxylic acid groups (broad SMARTS) is 1. The number of nitrogens with zero attached hydrogens (tertiary/aromatic N) is 3. The highest BCUT2D eigenvalue weighted by Crippen LogP contribution is 2.34. The summed E-state index contributed by atoms with van der Waals surface area (Å²) in [5.74, 6) is 1.65. The summed E-state index contributed by atoms with van der Waals surface area (Å²) in [5.41, 5.74) is 0.965. The van der Waals surface area contributed by atoms with Crippen LogP contribution in [0.2, 0.25) is 0 Å². The molecule has 2 fully saturated rings. The van der Waals surface area contributed by atoms with Crippen molar-refractivity contribution in [2.45, 2.75) is 51.6 Å². The molecule has 1 aromatic heterocycles. The Kier molecular flexibility index (Phi) is 4.29. The largest absolute Gasteiger partial charge is 0.480 e. The van der Waals surface area contributed by atoms with Crippen molar-refractivity contribution in [1.82, 2.24) is 14.9 Å². The van der Waals surface area contributed by atoms with Crippen LogP contribution in [0.25, 0.3) is 0 Å². The van der Waals surface area contributed by atoms with Gasteiger partial charge in [0.05, 0.1) is 6.54 Å². The molecule has 2 aliphatic carbocycles. The molecular weight excluding hydrogens is 280 g/mol. The number of anilines is 1. The molecule has 0 aromatic carbocycles. The van der Waals surface area contributed by atoms with Gasteiger partial charge < -0.3 is 10.4 Å². The molecule has 0 amide bonds. The van der Waals surface area contributed by atoms with Gasteiger partial charge in [0.1, 0.15) is 11.6 Å². The number of aryl methyl sites for hydroxylation is 2. The fourth-order valence-electron chi connectivity index (χ4n) is 3.15. The summed E-state index contributed by atoms with van der Waals surface area (Å²) in [4.78, 5) is 21.9. The third kappa shape index (κ3) is 3.94. The molecule has 6 heteroatoms. The van der Waals surface area contributed by atoms with Crippen molar-refractivity contribution >= 4 is 11.8 Å². The number of aliphatic carboxylic acids is 1. The average molecular weight is 304 g/mol. The van der Waals surface area contributed by atoms with Gasteiger partial charge in [0.25, 0.3) is 0 Å². The number of carboxylic acids is 1. The smallest absolute Gasteiger partial charge is 0.317 e. The van der Waals surface area contributed by atoms with Crippen LogP contribution in [0.15, 0.2) is 6.07 Å². The highest BCUT2D eigenvalue weighted by atomic mass is 16.4. The molecule has 1 aromatic rings. The predicted octanol–water partition coefficient (Wildman–Crippen LogP) is 1.83. The molecule has 0 aliphatic heterocycles. The number of carbonyl (C=O) groups is 1. The summed E-state index contributed by atoms with van der Waals surface area (Å²) in [7, 11) is 0. The number of hydrogen-bond acceptors (Lipinski definition) is 5. The normalized spacial score (nSPS) is 24.1. The molecule has 6 nitrogen and oxygen atoms in total. The first-order chi connectivity index (χ1) is 10.5. The van der Waals surface area contributed by atoms with Crippen LogP contribution < -0.4 is 5.32 Å². The number of aromatic nitrogens is 2. The molecule has 2 saturated carbocycles. The standard InChI is InChI=1S/C16H24N4O2/c1-10-5-15(18-11(2)17-10)19-13-6-14(7-13)20(9-16(21)22)8-12-3-4-12/h5,12-14H,3-4,6-9H2,1-2H3,(H,21,22)(H,17,18,19). The Labute approximate surface area is 131 Å². The molecule has 0 spiro atoms. The Hall–Kier alpha value is -1.69. The third-order valence-electron chi connectivity index (χ3n) is 4.48. The third-order valence-corrected chi connectivity index (χ3v) is 4.48. The van der Waals surface area contributed by atoms with Crippen LogP contribution in [-0.4, -0.2) is 51.1 Å². The van der Waals surface area contributed by atoms with Gasteiger partial charge in [-0.25, -0.2) is 9.97 Å². The van der Waals surface area contributed by atoms with Gasteiger partial charge in [-0.1, -0.05) is 0 Å². The van der Waals surface area contributed by atoms with Gasteiger partial charge in [0, 0.05) is 30.4 Å². The monoisotopic (exact) mass is 304 g/mol. The average Bonchev–Trinajstić information content (AvgIpc) is 3.14. The highest BCUT2D eigenvalue weighted by molar-refractivity contribution is 5.69. The van der Waals surface area contributed by atoms with E-state index < -0.39 is 5.97 Å². The summed E-state index contributed by atoms with van der Waals surface area (Å²) >= 11 is 0. The lowest BCUT2D eigenvalue weighted by atomic mass is 9.85. The van der Waals surface area contributed by atoms with E-state index in [-0.39, 0.29) is 6.54 Å². The fourth-order valence-corrected chi connectivity index (χ4v) is 3.15. The topological polar surface area (TPSA) is 78.4 Å². The van der Waals surface area contributed by atoms with E-state index in [0.29, 0.717) is 12.1 Å². The molecule has 2 N–H and O–H groups in total. The Morgan fingerprint density at radius 2 is 2.09 bits per heavy atom. The summed E-state index contributed by atoms with van der Waals surface area (Å²) in [6.07, 6.45) is 4.48. The summed E-state index contributed by atoms with van der Waals surface area (Å²) < 4.78 is 0. The van der Waals surface area contributed by atoms with Crippen molar-refractivity contribution in [1.29, 1.82) is 0 Å². The van der Waals surface area contributed by atoms with Crippen LogP contribution in [0, 0.1) is 19.8 Å². The minimum Gasteiger partial charge on any atom is -0.480 e. The zero-order valence-electron chi connectivity index (χ0n) is 13.2. The number of rotatable bonds is 7. The predicted molar refractivity (Wildman–Crippen MR) is 83.9 cm³/mol. The van der Waals surface area contributed by atoms with Gasteiger partial charge in [0.15, 0.2) is 0 Å². The van der Waals surface area contributed by atoms with Crippen molar-refractivity contribution in [2.24, 2.45) is 5.92 Å². The van der Waals surface area contributed by atoms with E-state index in [1.165, 1.54) is 12.8 Å². The molecule has 1 heterocycles. The Morgan fingerprint density at radius 1 is 1.36 bits per heavy atom. The molecule has 0 radical (unpaired) electrons. The first-order valence-corrected chi connectivity index (χ1v) is 8.04. The zero-order valence-corrected chi connectivity index (χ0v) is 13.2. The van der Waals surface area contributed by atoms with Gasteiger partial charge in [-0.3, -0.25) is 9.69 Å². The minimum absolute atomic E-state index is 0.166. The quantitative estimate of drug-likeness (QED) is 0.800. The van der Waals surface area contributed by atoms with Crippen molar-refractivity contribution in [3.8, 4) is 0 Å². The molecule has 2 aliphatic rings. The van der Waals surface area contributed by atoms with Gasteiger partial charge in [0.2, 0.25) is 0 Å². The molecule has 22 heavy (non-hydrogen) atoms. The van der Waals surface area contributed by atoms with Crippen LogP contribution in [0.1, 0.15) is 37.2 Å². The summed E-state index contributed by atoms with van der Waals surface area (Å²) in [6.45, 7) is 4.97. The lowest BCUT2D eigenvalue weighted by Gasteiger charge is -2.43. The molecular formula is C16H24N4O2. The lowest BCUT2D eigenvalue weighted by molar-refractivity contribution is -0.139. The second-order valence-electron chi connectivity index (χ2n) is 6.67. The molecule has 0 bridgehead atoms. The number of hydrogen-bond donors (Lipinski definition) is 2. The van der Waals surface area contributed by atoms with Crippen LogP contribution in [-0.2, 0) is 4.79 Å². The van der Waals surface area contributed by atoms with Gasteiger partial charge >= 0.3 is 5.97 Å². The van der Waals surface area contributed by atoms with E-state index in [1.807, 2.05) is 19.9 Å². The molecule has 0 atom stereocenters. The molecule has 0 saturated heterocycles. The first kappa shape index (κ1) is 15.2. The van der Waals surface area contributed by atoms with E-state index >= 15 is 0 Å². The summed E-state index contributed by atoms with van der Waals surface area (Å²) in [6, 6.07) is 2.73. The zero-order chi connectivity index (χ0) is 15.7. The van der Waals surface area contributed by atoms with Crippen LogP contribution in [0.5, 0.6) is 0 Å². The minimum atomic E-state index is -0.723. The van der Waals surface area contributed by atoms with E-state index in [0.717, 1.165) is 42.6 Å². The van der Waals surface area contributed by atoms with Crippen molar-refractivity contribution in [2.75, 3.05) is 18.4 Å². The molecule has 120 valence electrons. The summed E-state index contributed by atoms with van der Waals surface area (Å²) in [5, 5.41) is 12.5. The molecule has 3 rings (SSSR count). The van der Waals surface area contributed by atoms with Crippen molar-refractivity contribution in [3.63, 3.8) is 0 Å². The lowest BCUT2D eigenvalue weighted by Crippen LogP contribution is -2.52. The maximum Gasteiger partial charge on any atom is 0.317 e. The SMILES string of the molecule is Cc1cc(NC2CC(N(CC(=O)O)CC3CC3)C2)nc(C)n1. The highest BCUT2D eigenvalue weighted by Gasteiger charge is 2.37. The van der Waals surface area contributed by atoms with Crippen molar-refractivity contribution in [3.05, 3.63) is 17.6 Å². The van der Waals surface area contributed by atoms with Crippen LogP contribution in [0.4, 0.5) is 5.82 Å². The Morgan fingerprint density at radius 3 is 2.68 bits per heavy atom. The maximum atomic E-state index is 11.0. The Bertz CT molecular complexity index is 533. The van der Waals surface area contributed by atoms with E-state index in [1.54, 1.807) is 0 Å². The first-order valence-electron chi connectivity index (χ1n) is 8.04. The number of nitrogens with one attached hydrogen (secondary N) is 1. The molecule has 0 unspecified atom stereocenters. The van der Waals surface area contributed by atoms with Crippen molar-refractivity contribution < 1.29 is 9.90 Å². The van der Waals surface area contributed by atoms with Crippen LogP contribution in [0.3, 0.4) is 0 Å². The van der Waals surface area contributed by atoms with E-state index in [9.17, 15) is 4.79 Å². The fraction of sp³-hybridized carbons (Fsp3) is 0.688. The van der Waals surface area contributed by atoms with Gasteiger partial charge in [-0.15, -0.1) is 0 Å². The van der Waals surface area contributed by atoms with E-state index in [4.69, 9.17) is 5.11 Å².